The minimum atomic E-state index is -1.08. The minimum Gasteiger partial charge on any atom is -0.508 e. The van der Waals surface area contributed by atoms with Crippen molar-refractivity contribution in [3.63, 3.8) is 0 Å². The summed E-state index contributed by atoms with van der Waals surface area (Å²) < 4.78 is 0. The number of carbonyl (C=O) groups is 1. The zero-order chi connectivity index (χ0) is 10.7. The standard InChI is InChI=1S/C9H10ClNO3/c10-5-1-2-8(12)6(3-5)7(4-11)9(13)14/h1-3,7,12H,4,11H2,(H,13,14). The van der Waals surface area contributed by atoms with E-state index in [2.05, 4.69) is 0 Å². The predicted octanol–water partition coefficient (Wildman–Crippen LogP) is 1.17. The Bertz CT molecular complexity index is 354. The van der Waals surface area contributed by atoms with E-state index in [9.17, 15) is 9.90 Å². The third kappa shape index (κ3) is 2.16. The first-order chi connectivity index (χ1) is 6.56. The van der Waals surface area contributed by atoms with Crippen molar-refractivity contribution >= 4 is 17.6 Å². The third-order valence-corrected chi connectivity index (χ3v) is 2.13. The van der Waals surface area contributed by atoms with E-state index in [0.717, 1.165) is 0 Å². The van der Waals surface area contributed by atoms with Gasteiger partial charge in [-0.25, -0.2) is 0 Å². The average molecular weight is 216 g/mol. The number of phenols is 1. The molecule has 0 amide bonds. The summed E-state index contributed by atoms with van der Waals surface area (Å²) in [6, 6.07) is 4.24. The first-order valence-electron chi connectivity index (χ1n) is 3.97. The summed E-state index contributed by atoms with van der Waals surface area (Å²) in [5.41, 5.74) is 5.53. The molecule has 0 heterocycles. The van der Waals surface area contributed by atoms with Gasteiger partial charge in [-0.1, -0.05) is 11.6 Å². The fourth-order valence-electron chi connectivity index (χ4n) is 1.17. The van der Waals surface area contributed by atoms with Crippen molar-refractivity contribution in [3.05, 3.63) is 28.8 Å². The molecule has 0 radical (unpaired) electrons. The first-order valence-corrected chi connectivity index (χ1v) is 4.35. The molecular weight excluding hydrogens is 206 g/mol. The summed E-state index contributed by atoms with van der Waals surface area (Å²) in [4.78, 5) is 10.8. The largest absolute Gasteiger partial charge is 0.508 e. The van der Waals surface area contributed by atoms with Crippen molar-refractivity contribution in [2.45, 2.75) is 5.92 Å². The van der Waals surface area contributed by atoms with Gasteiger partial charge in [0.1, 0.15) is 5.75 Å². The summed E-state index contributed by atoms with van der Waals surface area (Å²) in [6.45, 7) is -0.0801. The van der Waals surface area contributed by atoms with Crippen LogP contribution in [-0.4, -0.2) is 22.7 Å². The van der Waals surface area contributed by atoms with Crippen molar-refractivity contribution < 1.29 is 15.0 Å². The van der Waals surface area contributed by atoms with Crippen LogP contribution in [0.25, 0.3) is 0 Å². The normalized spacial score (nSPS) is 12.4. The molecule has 1 aromatic rings. The number of phenolic OH excluding ortho intramolecular Hbond substituents is 1. The molecular formula is C9H10ClNO3. The number of rotatable bonds is 3. The number of halogens is 1. The number of aromatic hydroxyl groups is 1. The summed E-state index contributed by atoms with van der Waals surface area (Å²) in [5.74, 6) is -2.11. The van der Waals surface area contributed by atoms with Crippen LogP contribution in [-0.2, 0) is 4.79 Å². The Hall–Kier alpha value is -1.26. The molecule has 0 fully saturated rings. The van der Waals surface area contributed by atoms with Crippen LogP contribution < -0.4 is 5.73 Å². The predicted molar refractivity (Wildman–Crippen MR) is 52.5 cm³/mol. The van der Waals surface area contributed by atoms with Gasteiger partial charge in [-0.2, -0.15) is 0 Å². The third-order valence-electron chi connectivity index (χ3n) is 1.90. The molecule has 14 heavy (non-hydrogen) atoms. The van der Waals surface area contributed by atoms with Crippen LogP contribution in [0.15, 0.2) is 18.2 Å². The van der Waals surface area contributed by atoms with Gasteiger partial charge < -0.3 is 15.9 Å². The number of carboxylic acids is 1. The van der Waals surface area contributed by atoms with Crippen molar-refractivity contribution in [1.82, 2.24) is 0 Å². The lowest BCUT2D eigenvalue weighted by Crippen LogP contribution is -2.21. The highest BCUT2D eigenvalue weighted by atomic mass is 35.5. The average Bonchev–Trinajstić information content (AvgIpc) is 2.11. The maximum atomic E-state index is 10.8. The molecule has 1 aromatic carbocycles. The quantitative estimate of drug-likeness (QED) is 0.707. The molecule has 0 spiro atoms. The number of carboxylic acid groups (broad SMARTS) is 1. The van der Waals surface area contributed by atoms with Crippen molar-refractivity contribution in [2.24, 2.45) is 5.73 Å². The Morgan fingerprint density at radius 2 is 2.21 bits per heavy atom. The summed E-state index contributed by atoms with van der Waals surface area (Å²) in [5, 5.41) is 18.6. The summed E-state index contributed by atoms with van der Waals surface area (Å²) in [7, 11) is 0. The highest BCUT2D eigenvalue weighted by Crippen LogP contribution is 2.28. The van der Waals surface area contributed by atoms with Crippen LogP contribution >= 0.6 is 11.6 Å². The zero-order valence-corrected chi connectivity index (χ0v) is 8.03. The fourth-order valence-corrected chi connectivity index (χ4v) is 1.35. The van der Waals surface area contributed by atoms with E-state index in [1.165, 1.54) is 18.2 Å². The van der Waals surface area contributed by atoms with Crippen LogP contribution in [0.5, 0.6) is 5.75 Å². The second kappa shape index (κ2) is 4.30. The van der Waals surface area contributed by atoms with Crippen LogP contribution in [0.1, 0.15) is 11.5 Å². The van der Waals surface area contributed by atoms with Crippen LogP contribution in [0.3, 0.4) is 0 Å². The lowest BCUT2D eigenvalue weighted by molar-refractivity contribution is -0.138. The van der Waals surface area contributed by atoms with E-state index in [-0.39, 0.29) is 17.9 Å². The number of hydrogen-bond acceptors (Lipinski definition) is 3. The number of benzene rings is 1. The van der Waals surface area contributed by atoms with E-state index in [1.54, 1.807) is 0 Å². The van der Waals surface area contributed by atoms with Gasteiger partial charge in [-0.05, 0) is 18.2 Å². The molecule has 1 atom stereocenters. The highest BCUT2D eigenvalue weighted by molar-refractivity contribution is 6.30. The number of aliphatic carboxylic acids is 1. The molecule has 0 aliphatic rings. The molecule has 0 aromatic heterocycles. The van der Waals surface area contributed by atoms with Gasteiger partial charge in [0.25, 0.3) is 0 Å². The zero-order valence-electron chi connectivity index (χ0n) is 7.27. The molecule has 4 nitrogen and oxygen atoms in total. The molecule has 76 valence electrons. The summed E-state index contributed by atoms with van der Waals surface area (Å²) in [6.07, 6.45) is 0. The Kier molecular flexibility index (Phi) is 3.33. The van der Waals surface area contributed by atoms with E-state index in [4.69, 9.17) is 22.4 Å². The highest BCUT2D eigenvalue weighted by Gasteiger charge is 2.21. The monoisotopic (exact) mass is 215 g/mol. The second-order valence-corrected chi connectivity index (χ2v) is 3.27. The Labute approximate surface area is 85.9 Å². The Morgan fingerprint density at radius 3 is 2.71 bits per heavy atom. The van der Waals surface area contributed by atoms with Crippen LogP contribution in [0.2, 0.25) is 5.02 Å². The molecule has 0 bridgehead atoms. The molecule has 0 saturated heterocycles. The van der Waals surface area contributed by atoms with Gasteiger partial charge in [0.15, 0.2) is 0 Å². The fraction of sp³-hybridized carbons (Fsp3) is 0.222. The number of nitrogens with two attached hydrogens (primary N) is 1. The minimum absolute atomic E-state index is 0.0801. The lowest BCUT2D eigenvalue weighted by atomic mass is 9.98. The van der Waals surface area contributed by atoms with Crippen LogP contribution in [0.4, 0.5) is 0 Å². The Morgan fingerprint density at radius 1 is 1.57 bits per heavy atom. The molecule has 1 rings (SSSR count). The van der Waals surface area contributed by atoms with Crippen molar-refractivity contribution in [2.75, 3.05) is 6.54 Å². The number of hydrogen-bond donors (Lipinski definition) is 3. The molecule has 4 N–H and O–H groups in total. The van der Waals surface area contributed by atoms with E-state index < -0.39 is 11.9 Å². The molecule has 0 aliphatic carbocycles. The molecule has 5 heteroatoms. The second-order valence-electron chi connectivity index (χ2n) is 2.83. The van der Waals surface area contributed by atoms with Gasteiger partial charge >= 0.3 is 5.97 Å². The van der Waals surface area contributed by atoms with Crippen LogP contribution in [0, 0.1) is 0 Å². The van der Waals surface area contributed by atoms with Gasteiger partial charge in [0, 0.05) is 17.1 Å². The van der Waals surface area contributed by atoms with Gasteiger partial charge in [-0.15, -0.1) is 0 Å². The lowest BCUT2D eigenvalue weighted by Gasteiger charge is -2.11. The van der Waals surface area contributed by atoms with E-state index >= 15 is 0 Å². The molecule has 1 unspecified atom stereocenters. The Balaban J connectivity index is 3.15. The first kappa shape index (κ1) is 10.8. The molecule has 0 saturated carbocycles. The molecule has 0 aliphatic heterocycles. The van der Waals surface area contributed by atoms with Crippen molar-refractivity contribution in [1.29, 1.82) is 0 Å². The maximum absolute atomic E-state index is 10.8. The topological polar surface area (TPSA) is 83.6 Å². The van der Waals surface area contributed by atoms with Gasteiger partial charge in [0.05, 0.1) is 5.92 Å². The smallest absolute Gasteiger partial charge is 0.312 e. The SMILES string of the molecule is NCC(C(=O)O)c1cc(Cl)ccc1O. The van der Waals surface area contributed by atoms with Crippen molar-refractivity contribution in [3.8, 4) is 5.75 Å². The van der Waals surface area contributed by atoms with Gasteiger partial charge in [0.2, 0.25) is 0 Å². The van der Waals surface area contributed by atoms with E-state index in [0.29, 0.717) is 5.02 Å². The summed E-state index contributed by atoms with van der Waals surface area (Å²) >= 11 is 5.68. The van der Waals surface area contributed by atoms with Gasteiger partial charge in [-0.3, -0.25) is 4.79 Å². The maximum Gasteiger partial charge on any atom is 0.312 e. The van der Waals surface area contributed by atoms with E-state index in [1.807, 2.05) is 0 Å².